The van der Waals surface area contributed by atoms with Crippen molar-refractivity contribution in [2.75, 3.05) is 6.61 Å². The average molecular weight is 226 g/mol. The molecule has 1 fully saturated rings. The van der Waals surface area contributed by atoms with Gasteiger partial charge in [0.2, 0.25) is 0 Å². The van der Waals surface area contributed by atoms with Crippen molar-refractivity contribution in [3.63, 3.8) is 0 Å². The number of nitrogens with two attached hydrogens (primary N) is 1. The molecule has 3 nitrogen and oxygen atoms in total. The van der Waals surface area contributed by atoms with Gasteiger partial charge in [-0.15, -0.1) is 11.3 Å². The molecule has 3 N–H and O–H groups in total. The molecular formula is C11H18N2OS. The highest BCUT2D eigenvalue weighted by Gasteiger charge is 2.39. The monoisotopic (exact) mass is 226 g/mol. The SMILES string of the molecule is Cc1cc(C(NN)C2(C)CCCO2)cs1. The van der Waals surface area contributed by atoms with Crippen molar-refractivity contribution >= 4 is 11.3 Å². The standard InChI is InChI=1S/C11H18N2OS/c1-8-6-9(7-15-8)10(13-12)11(2)4-3-5-14-11/h6-7,10,13H,3-5,12H2,1-2H3. The van der Waals surface area contributed by atoms with Gasteiger partial charge in [-0.3, -0.25) is 11.3 Å². The van der Waals surface area contributed by atoms with Gasteiger partial charge in [0, 0.05) is 11.5 Å². The van der Waals surface area contributed by atoms with Gasteiger partial charge in [-0.05, 0) is 43.7 Å². The first-order chi connectivity index (χ1) is 7.15. The smallest absolute Gasteiger partial charge is 0.0862 e. The van der Waals surface area contributed by atoms with Crippen LogP contribution in [0.1, 0.15) is 36.2 Å². The molecule has 2 heterocycles. The zero-order valence-corrected chi connectivity index (χ0v) is 10.1. The molecule has 0 aromatic carbocycles. The summed E-state index contributed by atoms with van der Waals surface area (Å²) < 4.78 is 5.82. The molecule has 2 unspecified atom stereocenters. The third-order valence-electron chi connectivity index (χ3n) is 3.11. The van der Waals surface area contributed by atoms with Crippen molar-refractivity contribution in [1.29, 1.82) is 0 Å². The Morgan fingerprint density at radius 3 is 2.93 bits per heavy atom. The van der Waals surface area contributed by atoms with Crippen LogP contribution in [0.25, 0.3) is 0 Å². The second-order valence-electron chi connectivity index (χ2n) is 4.36. The van der Waals surface area contributed by atoms with E-state index in [0.717, 1.165) is 19.4 Å². The van der Waals surface area contributed by atoms with Crippen LogP contribution in [0.4, 0.5) is 0 Å². The maximum atomic E-state index is 5.82. The van der Waals surface area contributed by atoms with Crippen LogP contribution in [0, 0.1) is 6.92 Å². The minimum atomic E-state index is -0.151. The van der Waals surface area contributed by atoms with Crippen LogP contribution in [0.5, 0.6) is 0 Å². The van der Waals surface area contributed by atoms with Crippen LogP contribution in [0.3, 0.4) is 0 Å². The van der Waals surface area contributed by atoms with Gasteiger partial charge < -0.3 is 4.74 Å². The fraction of sp³-hybridized carbons (Fsp3) is 0.636. The quantitative estimate of drug-likeness (QED) is 0.613. The molecule has 0 spiro atoms. The van der Waals surface area contributed by atoms with Gasteiger partial charge in [-0.1, -0.05) is 0 Å². The molecule has 1 saturated heterocycles. The summed E-state index contributed by atoms with van der Waals surface area (Å²) in [5.74, 6) is 5.65. The van der Waals surface area contributed by atoms with Crippen LogP contribution in [-0.4, -0.2) is 12.2 Å². The van der Waals surface area contributed by atoms with Crippen LogP contribution >= 0.6 is 11.3 Å². The van der Waals surface area contributed by atoms with Crippen molar-refractivity contribution in [3.05, 3.63) is 21.9 Å². The Kier molecular flexibility index (Phi) is 3.11. The Morgan fingerprint density at radius 2 is 2.47 bits per heavy atom. The average Bonchev–Trinajstić information content (AvgIpc) is 2.78. The zero-order valence-electron chi connectivity index (χ0n) is 9.25. The molecule has 0 saturated carbocycles. The lowest BCUT2D eigenvalue weighted by molar-refractivity contribution is -0.0124. The Hall–Kier alpha value is -0.420. The molecular weight excluding hydrogens is 208 g/mol. The maximum Gasteiger partial charge on any atom is 0.0862 e. The molecule has 0 amide bonds. The second kappa shape index (κ2) is 4.22. The molecule has 84 valence electrons. The third-order valence-corrected chi connectivity index (χ3v) is 3.99. The van der Waals surface area contributed by atoms with E-state index in [1.807, 2.05) is 0 Å². The van der Waals surface area contributed by atoms with Gasteiger partial charge in [-0.2, -0.15) is 0 Å². The van der Waals surface area contributed by atoms with Gasteiger partial charge in [0.1, 0.15) is 0 Å². The summed E-state index contributed by atoms with van der Waals surface area (Å²) in [5.41, 5.74) is 3.99. The number of hydrazine groups is 1. The third kappa shape index (κ3) is 2.08. The largest absolute Gasteiger partial charge is 0.373 e. The molecule has 0 radical (unpaired) electrons. The molecule has 1 aromatic rings. The number of thiophene rings is 1. The highest BCUT2D eigenvalue weighted by Crippen LogP contribution is 2.38. The Labute approximate surface area is 94.6 Å². The van der Waals surface area contributed by atoms with E-state index in [2.05, 4.69) is 30.7 Å². The van der Waals surface area contributed by atoms with E-state index in [1.54, 1.807) is 11.3 Å². The number of aryl methyl sites for hydroxylation is 1. The molecule has 1 aliphatic rings. The number of hydrogen-bond acceptors (Lipinski definition) is 4. The lowest BCUT2D eigenvalue weighted by atomic mass is 9.89. The molecule has 4 heteroatoms. The van der Waals surface area contributed by atoms with Gasteiger partial charge >= 0.3 is 0 Å². The fourth-order valence-corrected chi connectivity index (χ4v) is 3.00. The highest BCUT2D eigenvalue weighted by atomic mass is 32.1. The molecule has 15 heavy (non-hydrogen) atoms. The number of rotatable bonds is 3. The van der Waals surface area contributed by atoms with Gasteiger partial charge in [0.15, 0.2) is 0 Å². The van der Waals surface area contributed by atoms with Crippen LogP contribution in [0.2, 0.25) is 0 Å². The van der Waals surface area contributed by atoms with Crippen molar-refractivity contribution in [2.24, 2.45) is 5.84 Å². The van der Waals surface area contributed by atoms with Crippen molar-refractivity contribution in [1.82, 2.24) is 5.43 Å². The van der Waals surface area contributed by atoms with E-state index >= 15 is 0 Å². The van der Waals surface area contributed by atoms with E-state index in [-0.39, 0.29) is 11.6 Å². The van der Waals surface area contributed by atoms with Gasteiger partial charge in [0.25, 0.3) is 0 Å². The summed E-state index contributed by atoms with van der Waals surface area (Å²) in [7, 11) is 0. The second-order valence-corrected chi connectivity index (χ2v) is 5.47. The van der Waals surface area contributed by atoms with Crippen LogP contribution < -0.4 is 11.3 Å². The molecule has 0 aliphatic carbocycles. The number of hydrogen-bond donors (Lipinski definition) is 2. The summed E-state index contributed by atoms with van der Waals surface area (Å²) in [5, 5.41) is 2.16. The lowest BCUT2D eigenvalue weighted by Crippen LogP contribution is -2.44. The van der Waals surface area contributed by atoms with E-state index in [1.165, 1.54) is 10.4 Å². The topological polar surface area (TPSA) is 47.3 Å². The number of ether oxygens (including phenoxy) is 1. The van der Waals surface area contributed by atoms with Gasteiger partial charge in [-0.25, -0.2) is 0 Å². The predicted molar refractivity (Wildman–Crippen MR) is 62.7 cm³/mol. The zero-order chi connectivity index (χ0) is 10.9. The summed E-state index contributed by atoms with van der Waals surface area (Å²) >= 11 is 1.75. The first-order valence-electron chi connectivity index (χ1n) is 5.31. The Morgan fingerprint density at radius 1 is 1.67 bits per heavy atom. The van der Waals surface area contributed by atoms with E-state index in [4.69, 9.17) is 10.6 Å². The Bertz CT molecular complexity index is 331. The molecule has 2 rings (SSSR count). The molecule has 1 aromatic heterocycles. The van der Waals surface area contributed by atoms with Crippen molar-refractivity contribution in [2.45, 2.75) is 38.3 Å². The van der Waals surface area contributed by atoms with E-state index in [9.17, 15) is 0 Å². The first kappa shape index (κ1) is 11.1. The fourth-order valence-electron chi connectivity index (χ4n) is 2.27. The summed E-state index contributed by atoms with van der Waals surface area (Å²) in [6, 6.07) is 2.28. The van der Waals surface area contributed by atoms with Gasteiger partial charge in [0.05, 0.1) is 11.6 Å². The Balaban J connectivity index is 2.23. The lowest BCUT2D eigenvalue weighted by Gasteiger charge is -2.32. The predicted octanol–water partition coefficient (Wildman–Crippen LogP) is 2.13. The first-order valence-corrected chi connectivity index (χ1v) is 6.19. The van der Waals surface area contributed by atoms with Crippen molar-refractivity contribution < 1.29 is 4.74 Å². The summed E-state index contributed by atoms with van der Waals surface area (Å²) in [4.78, 5) is 1.31. The van der Waals surface area contributed by atoms with Crippen molar-refractivity contribution in [3.8, 4) is 0 Å². The minimum absolute atomic E-state index is 0.102. The van der Waals surface area contributed by atoms with E-state index < -0.39 is 0 Å². The normalized spacial score (nSPS) is 28.2. The summed E-state index contributed by atoms with van der Waals surface area (Å²) in [6.07, 6.45) is 2.19. The number of nitrogens with one attached hydrogen (secondary N) is 1. The van der Waals surface area contributed by atoms with Crippen LogP contribution in [-0.2, 0) is 4.74 Å². The molecule has 1 aliphatic heterocycles. The summed E-state index contributed by atoms with van der Waals surface area (Å²) in [6.45, 7) is 5.09. The highest BCUT2D eigenvalue weighted by molar-refractivity contribution is 7.10. The molecule has 0 bridgehead atoms. The van der Waals surface area contributed by atoms with Crippen LogP contribution in [0.15, 0.2) is 11.4 Å². The molecule has 2 atom stereocenters. The maximum absolute atomic E-state index is 5.82. The van der Waals surface area contributed by atoms with E-state index in [0.29, 0.717) is 0 Å². The minimum Gasteiger partial charge on any atom is -0.373 e.